The zero-order valence-corrected chi connectivity index (χ0v) is 43.7. The van der Waals surface area contributed by atoms with Crippen molar-refractivity contribution in [3.63, 3.8) is 0 Å². The van der Waals surface area contributed by atoms with Crippen LogP contribution >= 0.6 is 0 Å². The van der Waals surface area contributed by atoms with Crippen molar-refractivity contribution in [3.05, 3.63) is 95.6 Å². The van der Waals surface area contributed by atoms with Crippen molar-refractivity contribution in [1.82, 2.24) is 51.7 Å². The summed E-state index contributed by atoms with van der Waals surface area (Å²) in [6.45, 7) is 3.93. The van der Waals surface area contributed by atoms with Gasteiger partial charge in [0.05, 0.1) is 35.6 Å². The normalized spacial score (nSPS) is 27.2. The molecule has 0 aromatic heterocycles. The third-order valence-electron chi connectivity index (χ3n) is 16.1. The van der Waals surface area contributed by atoms with Gasteiger partial charge in [0.15, 0.2) is 0 Å². The number of carbonyl (C=O) groups excluding carboxylic acids is 6. The first-order chi connectivity index (χ1) is 35.6. The van der Waals surface area contributed by atoms with Crippen LogP contribution in [0, 0.1) is 5.92 Å². The molecule has 7 rings (SSSR count). The van der Waals surface area contributed by atoms with E-state index in [1.165, 1.54) is 0 Å². The minimum atomic E-state index is -0.742. The molecule has 6 amide bonds. The number of rotatable bonds is 19. The Morgan fingerprint density at radius 1 is 0.608 bits per heavy atom. The molecule has 4 aliphatic heterocycles. The van der Waals surface area contributed by atoms with E-state index in [0.29, 0.717) is 62.9 Å². The Morgan fingerprint density at radius 2 is 1.04 bits per heavy atom. The number of nitrogens with zero attached hydrogens (tertiary/aromatic N) is 4. The molecule has 0 spiro atoms. The van der Waals surface area contributed by atoms with Crippen LogP contribution in [0.2, 0.25) is 0 Å². The first kappa shape index (κ1) is 55.5. The zero-order valence-electron chi connectivity index (χ0n) is 43.7. The number of carbonyl (C=O) groups is 6. The average molecular weight is 1020 g/mol. The molecule has 2 aromatic rings. The molecule has 404 valence electrons. The van der Waals surface area contributed by atoms with Crippen molar-refractivity contribution >= 4 is 35.4 Å². The van der Waals surface area contributed by atoms with Gasteiger partial charge in [-0.05, 0) is 116 Å². The third-order valence-corrected chi connectivity index (χ3v) is 16.1. The van der Waals surface area contributed by atoms with E-state index in [2.05, 4.69) is 31.9 Å². The largest absolute Gasteiger partial charge is 0.399 e. The fourth-order valence-corrected chi connectivity index (χ4v) is 11.6. The highest BCUT2D eigenvalue weighted by atomic mass is 16.2. The molecule has 4 saturated heterocycles. The van der Waals surface area contributed by atoms with E-state index in [9.17, 15) is 28.8 Å². The average Bonchev–Trinajstić information content (AvgIpc) is 4.16. The lowest BCUT2D eigenvalue weighted by molar-refractivity contribution is -0.144. The Balaban J connectivity index is 0.992. The number of likely N-dealkylation sites (N-methyl/N-ethyl adjacent to an activating group) is 2. The summed E-state index contributed by atoms with van der Waals surface area (Å²) in [6.07, 6.45) is 14.0. The Kier molecular flexibility index (Phi) is 19.4. The Bertz CT molecular complexity index is 2320. The smallest absolute Gasteiger partial charge is 0.246 e. The van der Waals surface area contributed by atoms with Crippen LogP contribution in [0.1, 0.15) is 133 Å². The van der Waals surface area contributed by atoms with Gasteiger partial charge in [-0.25, -0.2) is 11.7 Å². The maximum absolute atomic E-state index is 14.4. The predicted octanol–water partition coefficient (Wildman–Crippen LogP) is 1.87. The SMILES string of the molecule is CN[C@@H](C)C(=O)N[C@H]1CCCCC2CC[C@@H](C(=O)NC(/C(N)=C/N(N)CC3CCC(N(N)/C=C(\N)C(NC(=O)[C@@H]4CC[C@@H]5CCCC[C@H](NC(=O)[C@H](C)NC)C(=O)N54)c4ccccc4)C3)c3ccccc3)N2C1=O. The van der Waals surface area contributed by atoms with Gasteiger partial charge in [-0.3, -0.25) is 28.8 Å². The van der Waals surface area contributed by atoms with Crippen molar-refractivity contribution in [3.8, 4) is 0 Å². The molecular weight excluding hydrogens is 941 g/mol. The number of hydrazine groups is 2. The summed E-state index contributed by atoms with van der Waals surface area (Å²) in [7, 11) is 3.39. The first-order valence-corrected chi connectivity index (χ1v) is 26.9. The highest BCUT2D eigenvalue weighted by Gasteiger charge is 2.46. The molecule has 5 unspecified atom stereocenters. The van der Waals surface area contributed by atoms with E-state index in [-0.39, 0.29) is 59.5 Å². The summed E-state index contributed by atoms with van der Waals surface area (Å²) in [4.78, 5) is 86.2. The van der Waals surface area contributed by atoms with Crippen molar-refractivity contribution in [2.24, 2.45) is 29.1 Å². The summed E-state index contributed by atoms with van der Waals surface area (Å²) in [5.41, 5.74) is 15.9. The predicted molar refractivity (Wildman–Crippen MR) is 282 cm³/mol. The van der Waals surface area contributed by atoms with Gasteiger partial charge in [0.1, 0.15) is 24.2 Å². The lowest BCUT2D eigenvalue weighted by Gasteiger charge is -2.36. The molecule has 12 atom stereocenters. The number of fused-ring (bicyclic) bond motifs is 2. The fourth-order valence-electron chi connectivity index (χ4n) is 11.6. The summed E-state index contributed by atoms with van der Waals surface area (Å²) in [6, 6.07) is 13.2. The second kappa shape index (κ2) is 25.8. The standard InChI is InChI=1S/C54H82N14O6/c1-33(59-3)49(69)61-43-21-13-11-19-38-25-27-45(67(38)53(43)73)51(71)63-47(36-15-7-5-8-16-36)41(55)31-65(57)30-35-23-24-40(29-35)66(58)32-42(56)48(37-17-9-6-10-18-37)64-52(72)46-28-26-39-20-12-14-22-44(54(74)68(39)46)62-50(70)34(2)60-4/h5-10,15-18,31-35,38-40,43-48,59-60H,11-14,19-30,55-58H2,1-4H3,(H,61,69)(H,62,70)(H,63,71)(H,64,72)/b41-31-,42-32-/t33-,34-,35?,38?,39-,40?,43-,44-,45-,46-,47?,48?/m0/s1. The van der Waals surface area contributed by atoms with E-state index in [4.69, 9.17) is 23.2 Å². The van der Waals surface area contributed by atoms with E-state index in [1.807, 2.05) is 60.7 Å². The van der Waals surface area contributed by atoms with Crippen molar-refractivity contribution in [2.45, 2.75) is 177 Å². The van der Waals surface area contributed by atoms with E-state index in [1.54, 1.807) is 60.2 Å². The monoisotopic (exact) mass is 1020 g/mol. The molecule has 20 nitrogen and oxygen atoms in total. The van der Waals surface area contributed by atoms with Gasteiger partial charge in [-0.2, -0.15) is 0 Å². The molecule has 14 N–H and O–H groups in total. The van der Waals surface area contributed by atoms with Crippen molar-refractivity contribution in [2.75, 3.05) is 20.6 Å². The van der Waals surface area contributed by atoms with Crippen LogP contribution in [0.15, 0.2) is 84.5 Å². The third kappa shape index (κ3) is 13.5. The van der Waals surface area contributed by atoms with E-state index in [0.717, 1.165) is 62.5 Å². The highest BCUT2D eigenvalue weighted by Crippen LogP contribution is 2.35. The lowest BCUT2D eigenvalue weighted by Crippen LogP contribution is -2.58. The number of nitrogens with two attached hydrogens (primary N) is 4. The van der Waals surface area contributed by atoms with Crippen LogP contribution in [0.5, 0.6) is 0 Å². The number of benzene rings is 2. The molecule has 0 radical (unpaired) electrons. The molecule has 5 fully saturated rings. The number of hydrogen-bond donors (Lipinski definition) is 10. The van der Waals surface area contributed by atoms with Gasteiger partial charge >= 0.3 is 0 Å². The summed E-state index contributed by atoms with van der Waals surface area (Å²) in [5, 5.41) is 21.2. The summed E-state index contributed by atoms with van der Waals surface area (Å²) < 4.78 is 0. The Morgan fingerprint density at radius 3 is 1.49 bits per heavy atom. The maximum Gasteiger partial charge on any atom is 0.246 e. The van der Waals surface area contributed by atoms with Crippen LogP contribution in [0.25, 0.3) is 0 Å². The summed E-state index contributed by atoms with van der Waals surface area (Å²) in [5.74, 6) is 11.9. The highest BCUT2D eigenvalue weighted by molar-refractivity contribution is 5.95. The molecule has 20 heteroatoms. The quantitative estimate of drug-likeness (QED) is 0.0711. The minimum Gasteiger partial charge on any atom is -0.399 e. The van der Waals surface area contributed by atoms with Crippen molar-refractivity contribution < 1.29 is 28.8 Å². The molecule has 2 aromatic carbocycles. The van der Waals surface area contributed by atoms with Gasteiger partial charge in [0.25, 0.3) is 0 Å². The molecular formula is C54H82N14O6. The van der Waals surface area contributed by atoms with Crippen LogP contribution in [-0.2, 0) is 28.8 Å². The second-order valence-corrected chi connectivity index (χ2v) is 21.1. The zero-order chi connectivity index (χ0) is 53.1. The molecule has 74 heavy (non-hydrogen) atoms. The summed E-state index contributed by atoms with van der Waals surface area (Å²) >= 11 is 0. The van der Waals surface area contributed by atoms with Gasteiger partial charge < -0.3 is 63.2 Å². The number of nitrogens with one attached hydrogen (secondary N) is 6. The van der Waals surface area contributed by atoms with Gasteiger partial charge in [-0.1, -0.05) is 86.3 Å². The van der Waals surface area contributed by atoms with Crippen LogP contribution in [0.3, 0.4) is 0 Å². The lowest BCUT2D eigenvalue weighted by atomic mass is 9.98. The molecule has 4 heterocycles. The topological polar surface area (TPSA) is 292 Å². The second-order valence-electron chi connectivity index (χ2n) is 21.1. The molecule has 1 aliphatic carbocycles. The van der Waals surface area contributed by atoms with Gasteiger partial charge in [-0.15, -0.1) is 0 Å². The fraction of sp³-hybridized carbons (Fsp3) is 0.593. The van der Waals surface area contributed by atoms with Crippen LogP contribution < -0.4 is 55.1 Å². The maximum atomic E-state index is 14.4. The molecule has 5 aliphatic rings. The number of amides is 6. The minimum absolute atomic E-state index is 0.0929. The Labute approximate surface area is 436 Å². The van der Waals surface area contributed by atoms with Crippen LogP contribution in [-0.4, -0.2) is 130 Å². The van der Waals surface area contributed by atoms with Crippen LogP contribution in [0.4, 0.5) is 0 Å². The van der Waals surface area contributed by atoms with Gasteiger partial charge in [0, 0.05) is 37.1 Å². The number of hydrogen-bond acceptors (Lipinski definition) is 14. The van der Waals surface area contributed by atoms with Crippen molar-refractivity contribution in [1.29, 1.82) is 0 Å². The van der Waals surface area contributed by atoms with E-state index >= 15 is 0 Å². The molecule has 1 saturated carbocycles. The first-order valence-electron chi connectivity index (χ1n) is 26.9. The Hall–Kier alpha value is -6.22. The van der Waals surface area contributed by atoms with Gasteiger partial charge in [0.2, 0.25) is 35.4 Å². The molecule has 0 bridgehead atoms. The van der Waals surface area contributed by atoms with E-state index < -0.39 is 48.3 Å².